The molecule has 132 valence electrons. The lowest BCUT2D eigenvalue weighted by Gasteiger charge is -2.06. The summed E-state index contributed by atoms with van der Waals surface area (Å²) in [5, 5.41) is 31.9. The number of carbonyl (C=O) groups excluding carboxylic acids is 1. The average molecular weight is 352 g/mol. The highest BCUT2D eigenvalue weighted by atomic mass is 16.3. The Balaban J connectivity index is 1.44. The van der Waals surface area contributed by atoms with Crippen LogP contribution in [0.2, 0.25) is 0 Å². The summed E-state index contributed by atoms with van der Waals surface area (Å²) in [6.45, 7) is 0.795. The number of benzene rings is 1. The maximum Gasteiger partial charge on any atom is 0.255 e. The molecule has 0 saturated heterocycles. The molecule has 1 aromatic carbocycles. The summed E-state index contributed by atoms with van der Waals surface area (Å²) in [4.78, 5) is 20.9. The minimum Gasteiger partial charge on any atom is -0.508 e. The molecule has 0 bridgehead atoms. The topological polar surface area (TPSA) is 136 Å². The Morgan fingerprint density at radius 2 is 2.19 bits per heavy atom. The van der Waals surface area contributed by atoms with Crippen LogP contribution in [0.15, 0.2) is 36.5 Å². The predicted molar refractivity (Wildman–Crippen MR) is 91.9 cm³/mol. The van der Waals surface area contributed by atoms with Crippen LogP contribution < -0.4 is 10.6 Å². The summed E-state index contributed by atoms with van der Waals surface area (Å²) in [6, 6.07) is 7.65. The van der Waals surface area contributed by atoms with Gasteiger partial charge >= 0.3 is 0 Å². The van der Waals surface area contributed by atoms with Gasteiger partial charge in [-0.2, -0.15) is 5.10 Å². The summed E-state index contributed by atoms with van der Waals surface area (Å²) < 4.78 is 0. The largest absolute Gasteiger partial charge is 0.508 e. The van der Waals surface area contributed by atoms with Gasteiger partial charge in [-0.3, -0.25) is 9.89 Å². The maximum absolute atomic E-state index is 12.1. The Labute approximate surface area is 148 Å². The van der Waals surface area contributed by atoms with E-state index in [2.05, 4.69) is 30.8 Å². The molecule has 3 aromatic rings. The molecule has 9 nitrogen and oxygen atoms in total. The van der Waals surface area contributed by atoms with Crippen molar-refractivity contribution in [2.75, 3.05) is 11.9 Å². The second kappa shape index (κ2) is 6.36. The first-order chi connectivity index (χ1) is 12.6. The number of hydrogen-bond donors (Lipinski definition) is 5. The Bertz CT molecular complexity index is 971. The van der Waals surface area contributed by atoms with Gasteiger partial charge in [0.1, 0.15) is 23.1 Å². The highest BCUT2D eigenvalue weighted by Gasteiger charge is 2.27. The third-order valence-electron chi connectivity index (χ3n) is 4.19. The molecule has 0 radical (unpaired) electrons. The van der Waals surface area contributed by atoms with Crippen LogP contribution in [0.25, 0.3) is 0 Å². The van der Waals surface area contributed by atoms with Crippen molar-refractivity contribution < 1.29 is 15.0 Å². The number of amides is 1. The van der Waals surface area contributed by atoms with Crippen LogP contribution in [0.3, 0.4) is 0 Å². The molecule has 0 saturated carbocycles. The van der Waals surface area contributed by atoms with Crippen molar-refractivity contribution in [3.05, 3.63) is 59.3 Å². The Morgan fingerprint density at radius 1 is 1.31 bits per heavy atom. The number of phenols is 2. The minimum atomic E-state index is -0.475. The van der Waals surface area contributed by atoms with Gasteiger partial charge in [-0.25, -0.2) is 9.97 Å². The summed E-state index contributed by atoms with van der Waals surface area (Å²) in [6.07, 6.45) is 1.73. The van der Waals surface area contributed by atoms with E-state index in [1.54, 1.807) is 6.20 Å². The first-order valence-electron chi connectivity index (χ1n) is 8.02. The molecule has 1 aliphatic rings. The highest BCUT2D eigenvalue weighted by Crippen LogP contribution is 2.32. The monoisotopic (exact) mass is 352 g/mol. The Kier molecular flexibility index (Phi) is 3.88. The minimum absolute atomic E-state index is 0.000504. The number of nitrogens with zero attached hydrogens (tertiary/aromatic N) is 3. The number of pyridine rings is 1. The van der Waals surface area contributed by atoms with Gasteiger partial charge in [-0.1, -0.05) is 6.07 Å². The Morgan fingerprint density at radius 3 is 3.04 bits per heavy atom. The first kappa shape index (κ1) is 15.9. The van der Waals surface area contributed by atoms with Crippen LogP contribution in [0.1, 0.15) is 33.5 Å². The van der Waals surface area contributed by atoms with Crippen LogP contribution in [0.4, 0.5) is 5.82 Å². The zero-order valence-electron chi connectivity index (χ0n) is 13.6. The van der Waals surface area contributed by atoms with E-state index < -0.39 is 5.91 Å². The predicted octanol–water partition coefficient (Wildman–Crippen LogP) is 1.10. The van der Waals surface area contributed by atoms with Gasteiger partial charge in [0.05, 0.1) is 18.0 Å². The van der Waals surface area contributed by atoms with Gasteiger partial charge in [0, 0.05) is 24.4 Å². The van der Waals surface area contributed by atoms with E-state index in [9.17, 15) is 15.0 Å². The van der Waals surface area contributed by atoms with E-state index in [-0.39, 0.29) is 29.5 Å². The Hall–Kier alpha value is -3.62. The zero-order chi connectivity index (χ0) is 18.1. The van der Waals surface area contributed by atoms with Crippen molar-refractivity contribution >= 4 is 11.7 Å². The molecule has 5 N–H and O–H groups in total. The van der Waals surface area contributed by atoms with Gasteiger partial charge in [0.2, 0.25) is 0 Å². The van der Waals surface area contributed by atoms with E-state index in [0.29, 0.717) is 18.2 Å². The fraction of sp³-hybridized carbons (Fsp3) is 0.176. The van der Waals surface area contributed by atoms with Gasteiger partial charge in [0.25, 0.3) is 5.91 Å². The van der Waals surface area contributed by atoms with Crippen LogP contribution in [0.5, 0.6) is 11.5 Å². The average Bonchev–Trinajstić information content (AvgIpc) is 3.26. The number of aromatic hydroxyl groups is 2. The molecule has 26 heavy (non-hydrogen) atoms. The molecule has 1 aliphatic heterocycles. The lowest BCUT2D eigenvalue weighted by atomic mass is 10.0. The summed E-state index contributed by atoms with van der Waals surface area (Å²) in [7, 11) is 0. The number of hydrogen-bond acceptors (Lipinski definition) is 7. The van der Waals surface area contributed by atoms with Crippen LogP contribution in [-0.2, 0) is 6.54 Å². The number of carbonyl (C=O) groups is 1. The number of anilines is 1. The van der Waals surface area contributed by atoms with E-state index in [4.69, 9.17) is 0 Å². The SMILES string of the molecule is O=C(NCc1nc(C2CNc3ncccc32)n[nH]1)c1ccc(O)cc1O. The quantitative estimate of drug-likeness (QED) is 0.474. The highest BCUT2D eigenvalue weighted by molar-refractivity contribution is 5.96. The molecule has 9 heteroatoms. The molecule has 3 heterocycles. The third-order valence-corrected chi connectivity index (χ3v) is 4.19. The molecule has 1 amide bonds. The van der Waals surface area contributed by atoms with Crippen LogP contribution in [0, 0.1) is 0 Å². The maximum atomic E-state index is 12.1. The number of aromatic nitrogens is 4. The van der Waals surface area contributed by atoms with Gasteiger partial charge < -0.3 is 20.8 Å². The molecular weight excluding hydrogens is 336 g/mol. The third kappa shape index (κ3) is 2.90. The number of aromatic amines is 1. The molecule has 4 rings (SSSR count). The number of H-pyrrole nitrogens is 1. The fourth-order valence-corrected chi connectivity index (χ4v) is 2.90. The first-order valence-corrected chi connectivity index (χ1v) is 8.02. The van der Waals surface area contributed by atoms with Crippen molar-refractivity contribution in [2.24, 2.45) is 0 Å². The summed E-state index contributed by atoms with van der Waals surface area (Å²) in [5.74, 6) is 1.09. The van der Waals surface area contributed by atoms with E-state index in [1.165, 1.54) is 12.1 Å². The lowest BCUT2D eigenvalue weighted by molar-refractivity contribution is 0.0947. The van der Waals surface area contributed by atoms with Crippen LogP contribution in [-0.4, -0.2) is 42.8 Å². The molecule has 0 fully saturated rings. The zero-order valence-corrected chi connectivity index (χ0v) is 13.6. The fourth-order valence-electron chi connectivity index (χ4n) is 2.90. The second-order valence-corrected chi connectivity index (χ2v) is 5.90. The number of fused-ring (bicyclic) bond motifs is 1. The lowest BCUT2D eigenvalue weighted by Crippen LogP contribution is -2.23. The number of nitrogens with one attached hydrogen (secondary N) is 3. The molecule has 1 atom stereocenters. The van der Waals surface area contributed by atoms with Crippen molar-refractivity contribution in [2.45, 2.75) is 12.5 Å². The van der Waals surface area contributed by atoms with Crippen LogP contribution >= 0.6 is 0 Å². The normalized spacial score (nSPS) is 15.3. The molecule has 0 aliphatic carbocycles. The van der Waals surface area contributed by atoms with Crippen molar-refractivity contribution in [3.8, 4) is 11.5 Å². The second-order valence-electron chi connectivity index (χ2n) is 5.90. The van der Waals surface area contributed by atoms with Gasteiger partial charge in [0.15, 0.2) is 5.82 Å². The summed E-state index contributed by atoms with van der Waals surface area (Å²) in [5.41, 5.74) is 1.11. The standard InChI is InChI=1S/C17H16N6O3/c24-9-3-4-11(13(25)6-9)17(26)20-8-14-21-16(23-22-14)12-7-19-15-10(12)2-1-5-18-15/h1-6,12,24-25H,7-8H2,(H,18,19)(H,20,26)(H,21,22,23). The van der Waals surface area contributed by atoms with Crippen molar-refractivity contribution in [1.82, 2.24) is 25.5 Å². The smallest absolute Gasteiger partial charge is 0.255 e. The van der Waals surface area contributed by atoms with Gasteiger partial charge in [-0.05, 0) is 18.2 Å². The molecule has 1 unspecified atom stereocenters. The number of rotatable bonds is 4. The van der Waals surface area contributed by atoms with E-state index >= 15 is 0 Å². The summed E-state index contributed by atoms with van der Waals surface area (Å²) >= 11 is 0. The van der Waals surface area contributed by atoms with E-state index in [0.717, 1.165) is 17.4 Å². The number of phenolic OH excluding ortho intramolecular Hbond substituents is 2. The molecule has 0 spiro atoms. The molecule has 2 aromatic heterocycles. The van der Waals surface area contributed by atoms with Crippen molar-refractivity contribution in [1.29, 1.82) is 0 Å². The van der Waals surface area contributed by atoms with Gasteiger partial charge in [-0.15, -0.1) is 0 Å². The van der Waals surface area contributed by atoms with Crippen molar-refractivity contribution in [3.63, 3.8) is 0 Å². The molecular formula is C17H16N6O3. The van der Waals surface area contributed by atoms with E-state index in [1.807, 2.05) is 12.1 Å².